The fraction of sp³-hybridized carbons (Fsp3) is 0.500. The number of carboxylic acid groups (broad SMARTS) is 1. The Kier molecular flexibility index (Phi) is 7.39. The maximum Gasteiger partial charge on any atom is 0.303 e. The maximum atomic E-state index is 10.3. The molecule has 1 aliphatic heterocycles. The average Bonchev–Trinajstić information content (AvgIpc) is 2.46. The van der Waals surface area contributed by atoms with Gasteiger partial charge in [0.2, 0.25) is 6.41 Å². The number of rotatable bonds is 7. The van der Waals surface area contributed by atoms with E-state index in [1.54, 1.807) is 0 Å². The molecule has 0 saturated carbocycles. The van der Waals surface area contributed by atoms with Crippen molar-refractivity contribution in [2.24, 2.45) is 5.73 Å². The monoisotopic (exact) mass is 309 g/mol. The number of unbranched alkanes of at least 4 members (excludes halogenated alkanes) is 1. The molecule has 1 amide bonds. The Balaban J connectivity index is 0.000000745. The van der Waals surface area contributed by atoms with Gasteiger partial charge in [-0.3, -0.25) is 9.59 Å². The molecule has 1 aromatic carbocycles. The van der Waals surface area contributed by atoms with Crippen LogP contribution in [0.15, 0.2) is 24.3 Å². The first-order valence-electron chi connectivity index (χ1n) is 7.20. The van der Waals surface area contributed by atoms with E-state index in [2.05, 4.69) is 24.8 Å². The Morgan fingerprint density at radius 1 is 1.36 bits per heavy atom. The minimum Gasteiger partial charge on any atom is -0.494 e. The summed E-state index contributed by atoms with van der Waals surface area (Å²) in [5, 5.41) is 8.51. The first-order valence-corrected chi connectivity index (χ1v) is 7.20. The number of carboxylic acids is 1. The minimum atomic E-state index is -0.750. The Bertz CT molecular complexity index is 468. The van der Waals surface area contributed by atoms with Gasteiger partial charge >= 0.3 is 5.97 Å². The summed E-state index contributed by atoms with van der Waals surface area (Å²) in [6.45, 7) is 4.32. The first-order chi connectivity index (χ1) is 10.5. The van der Waals surface area contributed by atoms with Crippen molar-refractivity contribution >= 4 is 12.4 Å². The molecule has 6 heteroatoms. The van der Waals surface area contributed by atoms with Crippen molar-refractivity contribution in [1.82, 2.24) is 0 Å². The molecule has 2 rings (SSSR count). The van der Waals surface area contributed by atoms with Crippen molar-refractivity contribution in [2.45, 2.75) is 31.6 Å². The fourth-order valence-corrected chi connectivity index (χ4v) is 2.10. The summed E-state index contributed by atoms with van der Waals surface area (Å²) in [7, 11) is 0. The predicted molar refractivity (Wildman–Crippen MR) is 81.8 cm³/mol. The Morgan fingerprint density at radius 2 is 1.95 bits per heavy atom. The van der Waals surface area contributed by atoms with Gasteiger partial charge in [0.25, 0.3) is 0 Å². The molecule has 0 radical (unpaired) electrons. The molecule has 1 fully saturated rings. The lowest BCUT2D eigenvalue weighted by atomic mass is 9.81. The van der Waals surface area contributed by atoms with Crippen LogP contribution in [0.4, 0.5) is 0 Å². The van der Waals surface area contributed by atoms with Gasteiger partial charge in [0.15, 0.2) is 0 Å². The molecule has 0 unspecified atom stereocenters. The van der Waals surface area contributed by atoms with Crippen LogP contribution < -0.4 is 10.5 Å². The van der Waals surface area contributed by atoms with Crippen molar-refractivity contribution in [2.75, 3.05) is 19.8 Å². The van der Waals surface area contributed by atoms with Crippen molar-refractivity contribution < 1.29 is 24.2 Å². The van der Waals surface area contributed by atoms with Gasteiger partial charge in [-0.25, -0.2) is 0 Å². The van der Waals surface area contributed by atoms with Gasteiger partial charge in [-0.15, -0.1) is 0 Å². The predicted octanol–water partition coefficient (Wildman–Crippen LogP) is 1.71. The summed E-state index contributed by atoms with van der Waals surface area (Å²) in [6.07, 6.45) is 1.88. The summed E-state index contributed by atoms with van der Waals surface area (Å²) < 4.78 is 10.8. The highest BCUT2D eigenvalue weighted by atomic mass is 16.5. The van der Waals surface area contributed by atoms with Crippen LogP contribution in [0.1, 0.15) is 31.7 Å². The van der Waals surface area contributed by atoms with E-state index in [0.29, 0.717) is 13.0 Å². The van der Waals surface area contributed by atoms with Crippen LogP contribution >= 0.6 is 0 Å². The van der Waals surface area contributed by atoms with Crippen LogP contribution in [0.2, 0.25) is 0 Å². The normalized spacial score (nSPS) is 15.0. The van der Waals surface area contributed by atoms with Crippen LogP contribution in [0.3, 0.4) is 0 Å². The van der Waals surface area contributed by atoms with Gasteiger partial charge < -0.3 is 20.3 Å². The number of hydrogen-bond donors (Lipinski definition) is 2. The third kappa shape index (κ3) is 5.73. The number of amides is 1. The highest BCUT2D eigenvalue weighted by Crippen LogP contribution is 2.32. The lowest BCUT2D eigenvalue weighted by molar-refractivity contribution is -0.137. The van der Waals surface area contributed by atoms with Gasteiger partial charge in [-0.2, -0.15) is 0 Å². The quantitative estimate of drug-likeness (QED) is 0.590. The van der Waals surface area contributed by atoms with Gasteiger partial charge in [-0.05, 0) is 30.5 Å². The van der Waals surface area contributed by atoms with Crippen molar-refractivity contribution in [3.8, 4) is 5.75 Å². The fourth-order valence-electron chi connectivity index (χ4n) is 2.10. The molecule has 0 aliphatic carbocycles. The number of carbonyl (C=O) groups excluding carboxylic acids is 1. The molecule has 1 saturated heterocycles. The Labute approximate surface area is 130 Å². The summed E-state index contributed by atoms with van der Waals surface area (Å²) in [5.41, 5.74) is 5.59. The molecule has 0 atom stereocenters. The zero-order valence-corrected chi connectivity index (χ0v) is 12.8. The molecule has 0 bridgehead atoms. The van der Waals surface area contributed by atoms with E-state index in [0.717, 1.165) is 25.4 Å². The van der Waals surface area contributed by atoms with E-state index in [1.165, 1.54) is 5.56 Å². The third-order valence-corrected chi connectivity index (χ3v) is 3.45. The largest absolute Gasteiger partial charge is 0.494 e. The molecule has 3 N–H and O–H groups in total. The lowest BCUT2D eigenvalue weighted by Gasteiger charge is -2.38. The van der Waals surface area contributed by atoms with E-state index in [-0.39, 0.29) is 18.2 Å². The topological polar surface area (TPSA) is 98.8 Å². The molecule has 22 heavy (non-hydrogen) atoms. The molecule has 0 spiro atoms. The Hall–Kier alpha value is -2.08. The molecule has 1 aliphatic rings. The van der Waals surface area contributed by atoms with Gasteiger partial charge in [-0.1, -0.05) is 19.1 Å². The van der Waals surface area contributed by atoms with Crippen molar-refractivity contribution in [3.05, 3.63) is 29.8 Å². The molecule has 1 aromatic rings. The highest BCUT2D eigenvalue weighted by Gasteiger charge is 2.34. The zero-order valence-electron chi connectivity index (χ0n) is 12.8. The van der Waals surface area contributed by atoms with Crippen LogP contribution in [0, 0.1) is 0 Å². The van der Waals surface area contributed by atoms with E-state index < -0.39 is 5.97 Å². The number of carbonyl (C=O) groups is 2. The van der Waals surface area contributed by atoms with E-state index in [4.69, 9.17) is 19.4 Å². The lowest BCUT2D eigenvalue weighted by Crippen LogP contribution is -2.43. The second-order valence-electron chi connectivity index (χ2n) is 5.41. The summed E-state index contributed by atoms with van der Waals surface area (Å²) in [5.74, 6) is 0.0863. The second kappa shape index (κ2) is 9.04. The van der Waals surface area contributed by atoms with Crippen LogP contribution in [-0.4, -0.2) is 37.3 Å². The summed E-state index contributed by atoms with van der Waals surface area (Å²) >= 11 is 0. The first kappa shape index (κ1) is 18.0. The Morgan fingerprint density at radius 3 is 2.41 bits per heavy atom. The number of nitrogens with two attached hydrogens (primary N) is 1. The van der Waals surface area contributed by atoms with Gasteiger partial charge in [0, 0.05) is 11.8 Å². The van der Waals surface area contributed by atoms with E-state index >= 15 is 0 Å². The molecular formula is C16H23NO5. The standard InChI is InChI=1S/C15H20O4.CH3NO/c1-15(10-18-11-15)12-5-7-13(8-6-12)19-9-3-2-4-14(16)17;2-1-3/h5-8H,2-4,9-11H2,1H3,(H,16,17);1H,(H2,2,3). The average molecular weight is 309 g/mol. The molecule has 1 heterocycles. The summed E-state index contributed by atoms with van der Waals surface area (Å²) in [4.78, 5) is 18.9. The maximum absolute atomic E-state index is 10.3. The SMILES string of the molecule is CC1(c2ccc(OCCCCC(=O)O)cc2)COC1.NC=O. The molecular weight excluding hydrogens is 286 g/mol. The zero-order chi connectivity index (χ0) is 16.4. The van der Waals surface area contributed by atoms with Gasteiger partial charge in [0.05, 0.1) is 19.8 Å². The number of primary amides is 1. The smallest absolute Gasteiger partial charge is 0.303 e. The van der Waals surface area contributed by atoms with Crippen molar-refractivity contribution in [1.29, 1.82) is 0 Å². The molecule has 122 valence electrons. The van der Waals surface area contributed by atoms with Crippen LogP contribution in [0.25, 0.3) is 0 Å². The molecule has 6 nitrogen and oxygen atoms in total. The summed E-state index contributed by atoms with van der Waals surface area (Å²) in [6, 6.07) is 8.09. The number of ether oxygens (including phenoxy) is 2. The van der Waals surface area contributed by atoms with E-state index in [1.807, 2.05) is 12.1 Å². The van der Waals surface area contributed by atoms with Gasteiger partial charge in [0.1, 0.15) is 5.75 Å². The van der Waals surface area contributed by atoms with E-state index in [9.17, 15) is 4.79 Å². The third-order valence-electron chi connectivity index (χ3n) is 3.45. The number of aliphatic carboxylic acids is 1. The number of benzene rings is 1. The second-order valence-corrected chi connectivity index (χ2v) is 5.41. The molecule has 0 aromatic heterocycles. The van der Waals surface area contributed by atoms with Crippen molar-refractivity contribution in [3.63, 3.8) is 0 Å². The minimum absolute atomic E-state index is 0.153. The van der Waals surface area contributed by atoms with Crippen LogP contribution in [-0.2, 0) is 19.7 Å². The van der Waals surface area contributed by atoms with Crippen LogP contribution in [0.5, 0.6) is 5.75 Å². The number of hydrogen-bond acceptors (Lipinski definition) is 4. The highest BCUT2D eigenvalue weighted by molar-refractivity contribution is 5.66.